The lowest BCUT2D eigenvalue weighted by molar-refractivity contribution is 0.0691. The molecule has 0 aromatic carbocycles. The minimum atomic E-state index is 0.637. The molecule has 1 aromatic rings. The summed E-state index contributed by atoms with van der Waals surface area (Å²) in [5, 5.41) is 12.1. The summed E-state index contributed by atoms with van der Waals surface area (Å²) < 4.78 is 10.3. The SMILES string of the molecule is COCCOCCCCNc1cc(C#N)cc(C)n1. The van der Waals surface area contributed by atoms with Gasteiger partial charge in [-0.3, -0.25) is 0 Å². The third-order valence-electron chi connectivity index (χ3n) is 2.54. The van der Waals surface area contributed by atoms with Gasteiger partial charge in [0.2, 0.25) is 0 Å². The Balaban J connectivity index is 2.16. The van der Waals surface area contributed by atoms with Gasteiger partial charge in [0.15, 0.2) is 0 Å². The molecule has 5 heteroatoms. The average Bonchev–Trinajstić information content (AvgIpc) is 2.41. The molecule has 0 atom stereocenters. The fourth-order valence-electron chi connectivity index (χ4n) is 1.61. The molecule has 0 spiro atoms. The van der Waals surface area contributed by atoms with Gasteiger partial charge >= 0.3 is 0 Å². The van der Waals surface area contributed by atoms with E-state index in [4.69, 9.17) is 14.7 Å². The number of nitriles is 1. The summed E-state index contributed by atoms with van der Waals surface area (Å²) in [4.78, 5) is 4.33. The zero-order chi connectivity index (χ0) is 13.9. The summed E-state index contributed by atoms with van der Waals surface area (Å²) in [6, 6.07) is 5.67. The van der Waals surface area contributed by atoms with E-state index >= 15 is 0 Å². The normalized spacial score (nSPS) is 10.2. The highest BCUT2D eigenvalue weighted by molar-refractivity contribution is 5.44. The fourth-order valence-corrected chi connectivity index (χ4v) is 1.61. The van der Waals surface area contributed by atoms with Gasteiger partial charge in [0, 0.05) is 26.0 Å². The summed E-state index contributed by atoms with van der Waals surface area (Å²) in [6.07, 6.45) is 2.00. The number of nitrogens with zero attached hydrogens (tertiary/aromatic N) is 2. The minimum Gasteiger partial charge on any atom is -0.382 e. The third kappa shape index (κ3) is 6.75. The van der Waals surface area contributed by atoms with Crippen LogP contribution in [0.3, 0.4) is 0 Å². The second-order valence-electron chi connectivity index (χ2n) is 4.23. The first kappa shape index (κ1) is 15.4. The zero-order valence-electron chi connectivity index (χ0n) is 11.6. The van der Waals surface area contributed by atoms with Crippen molar-refractivity contribution in [1.82, 2.24) is 4.98 Å². The molecule has 5 nitrogen and oxygen atoms in total. The summed E-state index contributed by atoms with van der Waals surface area (Å²) >= 11 is 0. The maximum Gasteiger partial charge on any atom is 0.127 e. The number of nitrogens with one attached hydrogen (secondary N) is 1. The van der Waals surface area contributed by atoms with Gasteiger partial charge in [0.25, 0.3) is 0 Å². The van der Waals surface area contributed by atoms with Crippen LogP contribution in [0, 0.1) is 18.3 Å². The molecule has 0 unspecified atom stereocenters. The van der Waals surface area contributed by atoms with Crippen LogP contribution in [0.4, 0.5) is 5.82 Å². The van der Waals surface area contributed by atoms with Crippen molar-refractivity contribution >= 4 is 5.82 Å². The van der Waals surface area contributed by atoms with Crippen molar-refractivity contribution in [3.8, 4) is 6.07 Å². The third-order valence-corrected chi connectivity index (χ3v) is 2.54. The van der Waals surface area contributed by atoms with Gasteiger partial charge in [-0.15, -0.1) is 0 Å². The summed E-state index contributed by atoms with van der Waals surface area (Å²) in [5.41, 5.74) is 1.49. The standard InChI is InChI=1S/C14H21N3O2/c1-12-9-13(11-15)10-14(17-12)16-5-3-4-6-19-8-7-18-2/h9-10H,3-8H2,1-2H3,(H,16,17). The Morgan fingerprint density at radius 2 is 2.11 bits per heavy atom. The van der Waals surface area contributed by atoms with E-state index in [1.807, 2.05) is 6.92 Å². The van der Waals surface area contributed by atoms with Gasteiger partial charge in [-0.1, -0.05) is 0 Å². The van der Waals surface area contributed by atoms with E-state index in [2.05, 4.69) is 16.4 Å². The van der Waals surface area contributed by atoms with E-state index in [0.29, 0.717) is 18.8 Å². The summed E-state index contributed by atoms with van der Waals surface area (Å²) in [7, 11) is 1.66. The van der Waals surface area contributed by atoms with Crippen molar-refractivity contribution in [2.45, 2.75) is 19.8 Å². The lowest BCUT2D eigenvalue weighted by Crippen LogP contribution is -2.07. The van der Waals surface area contributed by atoms with Gasteiger partial charge in [-0.05, 0) is 31.9 Å². The van der Waals surface area contributed by atoms with Crippen molar-refractivity contribution in [2.24, 2.45) is 0 Å². The van der Waals surface area contributed by atoms with Crippen molar-refractivity contribution < 1.29 is 9.47 Å². The van der Waals surface area contributed by atoms with E-state index in [9.17, 15) is 0 Å². The number of unbranched alkanes of at least 4 members (excludes halogenated alkanes) is 1. The number of aryl methyl sites for hydroxylation is 1. The quantitative estimate of drug-likeness (QED) is 0.691. The molecule has 0 aliphatic carbocycles. The van der Waals surface area contributed by atoms with Crippen LogP contribution in [-0.4, -0.2) is 38.5 Å². The van der Waals surface area contributed by atoms with Gasteiger partial charge in [0.05, 0.1) is 24.8 Å². The molecule has 0 aliphatic heterocycles. The Morgan fingerprint density at radius 3 is 2.84 bits per heavy atom. The summed E-state index contributed by atoms with van der Waals surface area (Å²) in [5.74, 6) is 0.761. The first-order valence-electron chi connectivity index (χ1n) is 6.45. The number of anilines is 1. The largest absolute Gasteiger partial charge is 0.382 e. The van der Waals surface area contributed by atoms with Crippen LogP contribution in [0.1, 0.15) is 24.1 Å². The molecule has 1 aromatic heterocycles. The maximum atomic E-state index is 8.87. The van der Waals surface area contributed by atoms with Crippen molar-refractivity contribution in [3.05, 3.63) is 23.4 Å². The Bertz CT molecular complexity index is 416. The van der Waals surface area contributed by atoms with Crippen LogP contribution in [-0.2, 0) is 9.47 Å². The number of hydrogen-bond acceptors (Lipinski definition) is 5. The molecule has 0 saturated carbocycles. The van der Waals surface area contributed by atoms with Crippen molar-refractivity contribution in [2.75, 3.05) is 38.8 Å². The Morgan fingerprint density at radius 1 is 1.26 bits per heavy atom. The lowest BCUT2D eigenvalue weighted by Gasteiger charge is -2.07. The number of pyridine rings is 1. The van der Waals surface area contributed by atoms with Crippen LogP contribution in [0.15, 0.2) is 12.1 Å². The molecule has 1 heterocycles. The van der Waals surface area contributed by atoms with Crippen molar-refractivity contribution in [1.29, 1.82) is 5.26 Å². The molecule has 0 fully saturated rings. The molecule has 0 amide bonds. The van der Waals surface area contributed by atoms with E-state index in [1.165, 1.54) is 0 Å². The molecular weight excluding hydrogens is 242 g/mol. The monoisotopic (exact) mass is 263 g/mol. The van der Waals surface area contributed by atoms with Crippen LogP contribution in [0.25, 0.3) is 0 Å². The highest BCUT2D eigenvalue weighted by Crippen LogP contribution is 2.09. The predicted octanol–water partition coefficient (Wildman–Crippen LogP) is 2.12. The molecule has 104 valence electrons. The molecular formula is C14H21N3O2. The fraction of sp³-hybridized carbons (Fsp3) is 0.571. The molecule has 0 aliphatic rings. The van der Waals surface area contributed by atoms with Crippen LogP contribution >= 0.6 is 0 Å². The van der Waals surface area contributed by atoms with E-state index in [-0.39, 0.29) is 0 Å². The maximum absolute atomic E-state index is 8.87. The lowest BCUT2D eigenvalue weighted by atomic mass is 10.2. The van der Waals surface area contributed by atoms with Crippen LogP contribution < -0.4 is 5.32 Å². The topological polar surface area (TPSA) is 67.2 Å². The first-order valence-corrected chi connectivity index (χ1v) is 6.45. The molecule has 0 bridgehead atoms. The first-order chi connectivity index (χ1) is 9.26. The van der Waals surface area contributed by atoms with Crippen LogP contribution in [0.5, 0.6) is 0 Å². The number of methoxy groups -OCH3 is 1. The van der Waals surface area contributed by atoms with Gasteiger partial charge in [0.1, 0.15) is 5.82 Å². The molecule has 19 heavy (non-hydrogen) atoms. The smallest absolute Gasteiger partial charge is 0.127 e. The molecule has 0 saturated heterocycles. The van der Waals surface area contributed by atoms with Crippen LogP contribution in [0.2, 0.25) is 0 Å². The van der Waals surface area contributed by atoms with E-state index < -0.39 is 0 Å². The number of ether oxygens (including phenoxy) is 2. The molecule has 0 radical (unpaired) electrons. The van der Waals surface area contributed by atoms with E-state index in [1.54, 1.807) is 19.2 Å². The number of hydrogen-bond donors (Lipinski definition) is 1. The predicted molar refractivity (Wildman–Crippen MR) is 74.1 cm³/mol. The Labute approximate surface area is 114 Å². The van der Waals surface area contributed by atoms with Gasteiger partial charge < -0.3 is 14.8 Å². The molecule has 1 rings (SSSR count). The molecule has 1 N–H and O–H groups in total. The number of aromatic nitrogens is 1. The van der Waals surface area contributed by atoms with Gasteiger partial charge in [-0.25, -0.2) is 4.98 Å². The second-order valence-corrected chi connectivity index (χ2v) is 4.23. The number of rotatable bonds is 9. The average molecular weight is 263 g/mol. The Hall–Kier alpha value is -1.64. The summed E-state index contributed by atoms with van der Waals surface area (Å²) in [6.45, 7) is 4.75. The second kappa shape index (κ2) is 9.31. The van der Waals surface area contributed by atoms with Crippen molar-refractivity contribution in [3.63, 3.8) is 0 Å². The highest BCUT2D eigenvalue weighted by atomic mass is 16.5. The highest BCUT2D eigenvalue weighted by Gasteiger charge is 1.99. The minimum absolute atomic E-state index is 0.637. The van der Waals surface area contributed by atoms with Gasteiger partial charge in [-0.2, -0.15) is 5.26 Å². The zero-order valence-corrected chi connectivity index (χ0v) is 11.6. The van der Waals surface area contributed by atoms with E-state index in [0.717, 1.165) is 37.5 Å². The Kier molecular flexibility index (Phi) is 7.56.